The van der Waals surface area contributed by atoms with Crippen LogP contribution in [0.3, 0.4) is 0 Å². The fourth-order valence-electron chi connectivity index (χ4n) is 1.35. The number of ketones is 1. The van der Waals surface area contributed by atoms with Crippen LogP contribution in [0.25, 0.3) is 0 Å². The molecule has 0 aliphatic rings. The van der Waals surface area contributed by atoms with Crippen LogP contribution >= 0.6 is 0 Å². The summed E-state index contributed by atoms with van der Waals surface area (Å²) >= 11 is 0. The summed E-state index contributed by atoms with van der Waals surface area (Å²) in [6.45, 7) is 3.08. The minimum atomic E-state index is -1.47. The lowest BCUT2D eigenvalue weighted by atomic mass is 10.2. The van der Waals surface area contributed by atoms with Gasteiger partial charge in [-0.25, -0.2) is 4.79 Å². The molecule has 0 aliphatic heterocycles. The van der Waals surface area contributed by atoms with Crippen molar-refractivity contribution in [2.75, 3.05) is 5.32 Å². The lowest BCUT2D eigenvalue weighted by Crippen LogP contribution is -2.16. The van der Waals surface area contributed by atoms with Crippen LogP contribution in [-0.4, -0.2) is 23.0 Å². The minimum absolute atomic E-state index is 0.0185. The lowest BCUT2D eigenvalue weighted by molar-refractivity contribution is -0.124. The molecule has 0 unspecified atom stereocenters. The van der Waals surface area contributed by atoms with Gasteiger partial charge in [0.05, 0.1) is 12.1 Å². The predicted molar refractivity (Wildman–Crippen MR) is 63.8 cm³/mol. The second kappa shape index (κ2) is 5.81. The summed E-state index contributed by atoms with van der Waals surface area (Å²) in [7, 11) is 0. The maximum atomic E-state index is 11.4. The van der Waals surface area contributed by atoms with Crippen molar-refractivity contribution in [2.45, 2.75) is 20.3 Å². The highest BCUT2D eigenvalue weighted by Gasteiger charge is 2.12. The summed E-state index contributed by atoms with van der Waals surface area (Å²) in [4.78, 5) is 32.7. The number of hydrogen-bond acceptors (Lipinski definition) is 4. The number of nitrogens with one attached hydrogen (secondary N) is 1. The van der Waals surface area contributed by atoms with Crippen molar-refractivity contribution in [2.24, 2.45) is 0 Å². The van der Waals surface area contributed by atoms with Crippen molar-refractivity contribution >= 4 is 23.5 Å². The molecule has 0 heterocycles. The Morgan fingerprint density at radius 1 is 1.33 bits per heavy atom. The predicted octanol–water partition coefficient (Wildman–Crippen LogP) is 1.97. The molecule has 0 aliphatic carbocycles. The SMILES string of the molecule is CC(=O)CC(=O)Nc1cc(C)ccc1OC(=O)O. The number of Topliss-reactive ketones (excluding diaryl/α,β-unsaturated/α-hetero) is 1. The molecule has 0 atom stereocenters. The van der Waals surface area contributed by atoms with E-state index in [0.29, 0.717) is 0 Å². The number of carbonyl (C=O) groups excluding carboxylic acids is 2. The van der Waals surface area contributed by atoms with Gasteiger partial charge in [-0.3, -0.25) is 9.59 Å². The van der Waals surface area contributed by atoms with Crippen LogP contribution < -0.4 is 10.1 Å². The number of ether oxygens (including phenoxy) is 1. The normalized spacial score (nSPS) is 9.67. The maximum Gasteiger partial charge on any atom is 0.511 e. The maximum absolute atomic E-state index is 11.4. The van der Waals surface area contributed by atoms with Crippen LogP contribution in [0.5, 0.6) is 5.75 Å². The van der Waals surface area contributed by atoms with Crippen molar-refractivity contribution in [3.8, 4) is 5.75 Å². The third kappa shape index (κ3) is 4.25. The molecule has 1 amide bonds. The number of rotatable bonds is 4. The van der Waals surface area contributed by atoms with Gasteiger partial charge in [-0.1, -0.05) is 6.07 Å². The number of benzene rings is 1. The average Bonchev–Trinajstić information content (AvgIpc) is 2.20. The second-order valence-electron chi connectivity index (χ2n) is 3.79. The van der Waals surface area contributed by atoms with Gasteiger partial charge in [0.2, 0.25) is 5.91 Å². The molecule has 0 saturated heterocycles. The summed E-state index contributed by atoms with van der Waals surface area (Å²) in [5, 5.41) is 11.0. The van der Waals surface area contributed by atoms with Gasteiger partial charge in [-0.15, -0.1) is 0 Å². The first kappa shape index (κ1) is 13.7. The van der Waals surface area contributed by atoms with Gasteiger partial charge >= 0.3 is 6.16 Å². The molecule has 0 radical (unpaired) electrons. The van der Waals surface area contributed by atoms with E-state index in [9.17, 15) is 14.4 Å². The molecule has 0 saturated carbocycles. The molecular weight excluding hydrogens is 238 g/mol. The van der Waals surface area contributed by atoms with E-state index >= 15 is 0 Å². The average molecular weight is 251 g/mol. The van der Waals surface area contributed by atoms with Crippen LogP contribution in [0.15, 0.2) is 18.2 Å². The molecular formula is C12H13NO5. The second-order valence-corrected chi connectivity index (χ2v) is 3.79. The fourth-order valence-corrected chi connectivity index (χ4v) is 1.35. The molecule has 0 aromatic heterocycles. The summed E-state index contributed by atoms with van der Waals surface area (Å²) in [6, 6.07) is 4.65. The number of hydrogen-bond donors (Lipinski definition) is 2. The zero-order chi connectivity index (χ0) is 13.7. The van der Waals surface area contributed by atoms with E-state index in [1.54, 1.807) is 19.1 Å². The highest BCUT2D eigenvalue weighted by Crippen LogP contribution is 2.25. The number of amides is 1. The zero-order valence-electron chi connectivity index (χ0n) is 10.0. The Kier molecular flexibility index (Phi) is 4.42. The van der Waals surface area contributed by atoms with Crippen LogP contribution in [-0.2, 0) is 9.59 Å². The van der Waals surface area contributed by atoms with E-state index in [0.717, 1.165) is 5.56 Å². The quantitative estimate of drug-likeness (QED) is 0.485. The van der Waals surface area contributed by atoms with Gasteiger partial charge < -0.3 is 15.2 Å². The number of carbonyl (C=O) groups is 3. The van der Waals surface area contributed by atoms with Gasteiger partial charge in [-0.05, 0) is 31.5 Å². The van der Waals surface area contributed by atoms with Gasteiger partial charge in [0, 0.05) is 0 Å². The Morgan fingerprint density at radius 2 is 2.00 bits per heavy atom. The molecule has 1 rings (SSSR count). The first-order valence-electron chi connectivity index (χ1n) is 5.19. The largest absolute Gasteiger partial charge is 0.511 e. The van der Waals surface area contributed by atoms with E-state index in [1.807, 2.05) is 0 Å². The summed E-state index contributed by atoms with van der Waals surface area (Å²) in [5.41, 5.74) is 1.05. The Bertz CT molecular complexity index is 495. The third-order valence-corrected chi connectivity index (χ3v) is 2.02. The molecule has 96 valence electrons. The lowest BCUT2D eigenvalue weighted by Gasteiger charge is -2.10. The van der Waals surface area contributed by atoms with Crippen LogP contribution in [0.2, 0.25) is 0 Å². The molecule has 0 bridgehead atoms. The first-order chi connectivity index (χ1) is 8.38. The van der Waals surface area contributed by atoms with Crippen LogP contribution in [0, 0.1) is 6.92 Å². The van der Waals surface area contributed by atoms with Gasteiger partial charge in [0.25, 0.3) is 0 Å². The van der Waals surface area contributed by atoms with Crippen molar-refractivity contribution in [3.63, 3.8) is 0 Å². The minimum Gasteiger partial charge on any atom is -0.449 e. The molecule has 2 N–H and O–H groups in total. The summed E-state index contributed by atoms with van der Waals surface area (Å²) in [6.07, 6.45) is -1.73. The highest BCUT2D eigenvalue weighted by molar-refractivity contribution is 6.04. The van der Waals surface area contributed by atoms with Crippen LogP contribution in [0.1, 0.15) is 18.9 Å². The Labute approximate surface area is 104 Å². The standard InChI is InChI=1S/C12H13NO5/c1-7-3-4-10(18-12(16)17)9(5-7)13-11(15)6-8(2)14/h3-5H,6H2,1-2H3,(H,13,15)(H,16,17). The number of aryl methyl sites for hydroxylation is 1. The summed E-state index contributed by atoms with van der Waals surface area (Å²) < 4.78 is 4.52. The van der Waals surface area contributed by atoms with E-state index in [4.69, 9.17) is 5.11 Å². The van der Waals surface area contributed by atoms with E-state index in [-0.39, 0.29) is 23.6 Å². The molecule has 18 heavy (non-hydrogen) atoms. The molecule has 1 aromatic rings. The molecule has 1 aromatic carbocycles. The Morgan fingerprint density at radius 3 is 2.56 bits per heavy atom. The summed E-state index contributed by atoms with van der Waals surface area (Å²) in [5.74, 6) is -0.769. The highest BCUT2D eigenvalue weighted by atomic mass is 16.7. The number of carboxylic acid groups (broad SMARTS) is 1. The third-order valence-electron chi connectivity index (χ3n) is 2.02. The van der Waals surface area contributed by atoms with E-state index in [1.165, 1.54) is 13.0 Å². The Hall–Kier alpha value is -2.37. The van der Waals surface area contributed by atoms with Crippen molar-refractivity contribution in [3.05, 3.63) is 23.8 Å². The molecule has 6 nitrogen and oxygen atoms in total. The van der Waals surface area contributed by atoms with E-state index in [2.05, 4.69) is 10.1 Å². The number of anilines is 1. The smallest absolute Gasteiger partial charge is 0.449 e. The first-order valence-corrected chi connectivity index (χ1v) is 5.19. The molecule has 6 heteroatoms. The van der Waals surface area contributed by atoms with Gasteiger partial charge in [0.1, 0.15) is 5.78 Å². The monoisotopic (exact) mass is 251 g/mol. The van der Waals surface area contributed by atoms with Gasteiger partial charge in [0.15, 0.2) is 5.75 Å². The van der Waals surface area contributed by atoms with Crippen LogP contribution in [0.4, 0.5) is 10.5 Å². The van der Waals surface area contributed by atoms with Crippen molar-refractivity contribution in [1.82, 2.24) is 0 Å². The fraction of sp³-hybridized carbons (Fsp3) is 0.250. The van der Waals surface area contributed by atoms with Crippen molar-refractivity contribution < 1.29 is 24.2 Å². The van der Waals surface area contributed by atoms with Crippen molar-refractivity contribution in [1.29, 1.82) is 0 Å². The topological polar surface area (TPSA) is 92.7 Å². The molecule has 0 spiro atoms. The van der Waals surface area contributed by atoms with E-state index < -0.39 is 12.1 Å². The Balaban J connectivity index is 2.91. The van der Waals surface area contributed by atoms with Gasteiger partial charge in [-0.2, -0.15) is 0 Å². The zero-order valence-corrected chi connectivity index (χ0v) is 10.0. The molecule has 0 fully saturated rings.